The molecule has 0 atom stereocenters. The first-order valence-electron chi connectivity index (χ1n) is 6.68. The number of fused-ring (bicyclic) bond motifs is 1. The van der Waals surface area contributed by atoms with Crippen LogP contribution in [0, 0.1) is 0 Å². The van der Waals surface area contributed by atoms with E-state index in [-0.39, 0.29) is 17.0 Å². The van der Waals surface area contributed by atoms with Crippen LogP contribution in [0.1, 0.15) is 10.5 Å². The Morgan fingerprint density at radius 3 is 2.83 bits per heavy atom. The van der Waals surface area contributed by atoms with Crippen LogP contribution in [0.4, 0.5) is 0 Å². The van der Waals surface area contributed by atoms with E-state index in [0.29, 0.717) is 16.1 Å². The van der Waals surface area contributed by atoms with Gasteiger partial charge < -0.3 is 0 Å². The molecule has 3 rings (SSSR count). The second-order valence-corrected chi connectivity index (χ2v) is 5.82. The average molecular weight is 333 g/mol. The Hall–Kier alpha value is -2.68. The first kappa shape index (κ1) is 15.2. The summed E-state index contributed by atoms with van der Waals surface area (Å²) in [5.41, 5.74) is -0.420. The predicted molar refractivity (Wildman–Crippen MR) is 82.5 cm³/mol. The van der Waals surface area contributed by atoms with Crippen LogP contribution in [0.15, 0.2) is 43.5 Å². The van der Waals surface area contributed by atoms with E-state index >= 15 is 0 Å². The lowest BCUT2D eigenvalue weighted by atomic mass is 10.2. The number of hydrogen-bond acceptors (Lipinski definition) is 6. The summed E-state index contributed by atoms with van der Waals surface area (Å²) in [6, 6.07) is 7.00. The Morgan fingerprint density at radius 2 is 2.13 bits per heavy atom. The quantitative estimate of drug-likeness (QED) is 0.312. The van der Waals surface area contributed by atoms with E-state index in [1.54, 1.807) is 31.3 Å². The van der Waals surface area contributed by atoms with Gasteiger partial charge in [0.05, 0.1) is 16.7 Å². The molecule has 2 heterocycles. The summed E-state index contributed by atoms with van der Waals surface area (Å²) in [5, 5.41) is 3.21. The standard InChI is InChI=1S/C14H12N4O4S/c1-17-12(20)8-5-3-4-6-9(8)15-14(17)23-7-10(19)11-13(21)22-16-18(11)2/h3-6H,7H2,1-2H3/p+1. The molecule has 0 amide bonds. The number of para-hydroxylation sites is 1. The highest BCUT2D eigenvalue weighted by atomic mass is 32.2. The van der Waals surface area contributed by atoms with E-state index in [9.17, 15) is 14.4 Å². The minimum absolute atomic E-state index is 0.0327. The summed E-state index contributed by atoms with van der Waals surface area (Å²) < 4.78 is 7.16. The van der Waals surface area contributed by atoms with Crippen molar-refractivity contribution in [3.05, 3.63) is 50.7 Å². The number of thioether (sulfide) groups is 1. The SMILES string of the molecule is Cn1c(SCC(=O)c2c(=O)o[nH][n+]2C)nc2ccccc2c1=O. The summed E-state index contributed by atoms with van der Waals surface area (Å²) >= 11 is 1.09. The summed E-state index contributed by atoms with van der Waals surface area (Å²) in [6.07, 6.45) is 0. The fraction of sp³-hybridized carbons (Fsp3) is 0.214. The number of carbonyl (C=O) groups is 1. The molecule has 0 fully saturated rings. The van der Waals surface area contributed by atoms with Crippen LogP contribution in [0.5, 0.6) is 0 Å². The Kier molecular flexibility index (Phi) is 3.87. The molecule has 0 unspecified atom stereocenters. The number of aryl methyl sites for hydroxylation is 1. The summed E-state index contributed by atoms with van der Waals surface area (Å²) in [4.78, 5) is 40.3. The van der Waals surface area contributed by atoms with Crippen LogP contribution in [-0.4, -0.2) is 26.4 Å². The number of H-pyrrole nitrogens is 1. The van der Waals surface area contributed by atoms with E-state index in [4.69, 9.17) is 0 Å². The Morgan fingerprint density at radius 1 is 1.39 bits per heavy atom. The molecule has 8 nitrogen and oxygen atoms in total. The van der Waals surface area contributed by atoms with Crippen molar-refractivity contribution in [1.82, 2.24) is 14.8 Å². The highest BCUT2D eigenvalue weighted by molar-refractivity contribution is 7.99. The highest BCUT2D eigenvalue weighted by Crippen LogP contribution is 2.17. The fourth-order valence-electron chi connectivity index (χ4n) is 2.17. The summed E-state index contributed by atoms with van der Waals surface area (Å²) in [5.74, 6) is -0.440. The zero-order valence-electron chi connectivity index (χ0n) is 12.4. The van der Waals surface area contributed by atoms with Crippen LogP contribution in [0.3, 0.4) is 0 Å². The van der Waals surface area contributed by atoms with Crippen LogP contribution in [0.25, 0.3) is 10.9 Å². The zero-order valence-corrected chi connectivity index (χ0v) is 13.2. The number of aromatic nitrogens is 4. The Bertz CT molecular complexity index is 1020. The van der Waals surface area contributed by atoms with Crippen molar-refractivity contribution in [3.8, 4) is 0 Å². The zero-order chi connectivity index (χ0) is 16.6. The van der Waals surface area contributed by atoms with Gasteiger partial charge in [-0.2, -0.15) is 0 Å². The van der Waals surface area contributed by atoms with Crippen molar-refractivity contribution in [1.29, 1.82) is 0 Å². The number of hydrogen-bond donors (Lipinski definition) is 1. The Labute approximate surface area is 133 Å². The monoisotopic (exact) mass is 333 g/mol. The molecule has 0 radical (unpaired) electrons. The third-order valence-electron chi connectivity index (χ3n) is 3.34. The lowest BCUT2D eigenvalue weighted by molar-refractivity contribution is -0.741. The molecule has 1 aromatic carbocycles. The van der Waals surface area contributed by atoms with Crippen LogP contribution >= 0.6 is 11.8 Å². The minimum atomic E-state index is -0.724. The second kappa shape index (κ2) is 5.84. The van der Waals surface area contributed by atoms with E-state index < -0.39 is 11.4 Å². The van der Waals surface area contributed by atoms with Crippen LogP contribution in [0.2, 0.25) is 0 Å². The number of rotatable bonds is 4. The first-order chi connectivity index (χ1) is 11.0. The van der Waals surface area contributed by atoms with Gasteiger partial charge in [0.25, 0.3) is 5.56 Å². The number of ketones is 1. The van der Waals surface area contributed by atoms with Crippen molar-refractivity contribution in [3.63, 3.8) is 0 Å². The van der Waals surface area contributed by atoms with Gasteiger partial charge in [-0.05, 0) is 17.4 Å². The van der Waals surface area contributed by atoms with Crippen molar-refractivity contribution in [2.45, 2.75) is 5.16 Å². The molecule has 9 heteroatoms. The van der Waals surface area contributed by atoms with Gasteiger partial charge in [-0.3, -0.25) is 18.7 Å². The third kappa shape index (κ3) is 2.70. The van der Waals surface area contributed by atoms with Crippen LogP contribution in [-0.2, 0) is 14.1 Å². The maximum atomic E-state index is 12.3. The van der Waals surface area contributed by atoms with Gasteiger partial charge in [-0.25, -0.2) is 9.78 Å². The molecule has 3 aromatic rings. The molecule has 0 saturated carbocycles. The van der Waals surface area contributed by atoms with Crippen molar-refractivity contribution < 1.29 is 14.0 Å². The molecule has 2 aromatic heterocycles. The van der Waals surface area contributed by atoms with Gasteiger partial charge in [-0.1, -0.05) is 28.6 Å². The predicted octanol–water partition coefficient (Wildman–Crippen LogP) is 0.0143. The number of Topliss-reactive ketones (excluding diaryl/α,β-unsaturated/α-hetero) is 1. The number of nitrogens with one attached hydrogen (secondary N) is 1. The lowest BCUT2D eigenvalue weighted by Crippen LogP contribution is -2.39. The third-order valence-corrected chi connectivity index (χ3v) is 4.37. The fourth-order valence-corrected chi connectivity index (χ4v) is 3.00. The lowest BCUT2D eigenvalue weighted by Gasteiger charge is -2.07. The molecule has 1 N–H and O–H groups in total. The van der Waals surface area contributed by atoms with Crippen molar-refractivity contribution in [2.24, 2.45) is 14.1 Å². The molecule has 0 aliphatic rings. The highest BCUT2D eigenvalue weighted by Gasteiger charge is 2.26. The van der Waals surface area contributed by atoms with Gasteiger partial charge in [0.2, 0.25) is 5.78 Å². The van der Waals surface area contributed by atoms with Gasteiger partial charge >= 0.3 is 11.3 Å². The molecular formula is C14H13N4O4S+. The molecule has 0 spiro atoms. The first-order valence-corrected chi connectivity index (χ1v) is 7.67. The van der Waals surface area contributed by atoms with Gasteiger partial charge in [0, 0.05) is 7.05 Å². The molecule has 0 aliphatic heterocycles. The van der Waals surface area contributed by atoms with Gasteiger partial charge in [0.1, 0.15) is 0 Å². The number of benzene rings is 1. The van der Waals surface area contributed by atoms with Crippen molar-refractivity contribution >= 4 is 28.4 Å². The average Bonchev–Trinajstić information content (AvgIpc) is 2.88. The van der Waals surface area contributed by atoms with E-state index in [1.807, 2.05) is 0 Å². The number of carbonyl (C=O) groups excluding carboxylic acids is 1. The molecular weight excluding hydrogens is 320 g/mol. The van der Waals surface area contributed by atoms with Crippen molar-refractivity contribution in [2.75, 3.05) is 5.75 Å². The molecule has 0 aliphatic carbocycles. The van der Waals surface area contributed by atoms with E-state index in [0.717, 1.165) is 11.8 Å². The number of aromatic amines is 1. The van der Waals surface area contributed by atoms with Gasteiger partial charge in [-0.15, -0.1) is 0 Å². The molecule has 0 bridgehead atoms. The summed E-state index contributed by atoms with van der Waals surface area (Å²) in [7, 11) is 3.10. The van der Waals surface area contributed by atoms with E-state index in [2.05, 4.69) is 14.8 Å². The molecule has 0 saturated heterocycles. The molecule has 23 heavy (non-hydrogen) atoms. The largest absolute Gasteiger partial charge is 0.438 e. The molecule has 118 valence electrons. The second-order valence-electron chi connectivity index (χ2n) is 4.88. The van der Waals surface area contributed by atoms with E-state index in [1.165, 1.54) is 16.3 Å². The topological polar surface area (TPSA) is 102 Å². The van der Waals surface area contributed by atoms with Crippen LogP contribution < -0.4 is 15.9 Å². The van der Waals surface area contributed by atoms with Gasteiger partial charge in [0.15, 0.2) is 12.2 Å². The number of nitrogens with zero attached hydrogens (tertiary/aromatic N) is 3. The maximum Gasteiger partial charge on any atom is 0.438 e. The Balaban J connectivity index is 1.91. The minimum Gasteiger partial charge on any atom is -0.290 e. The normalized spacial score (nSPS) is 11.0. The smallest absolute Gasteiger partial charge is 0.290 e. The summed E-state index contributed by atoms with van der Waals surface area (Å²) in [6.45, 7) is 0. The maximum absolute atomic E-state index is 12.3.